The fourth-order valence-corrected chi connectivity index (χ4v) is 1.78. The number of methoxy groups -OCH3 is 1. The lowest BCUT2D eigenvalue weighted by Crippen LogP contribution is -2.40. The summed E-state index contributed by atoms with van der Waals surface area (Å²) in [6, 6.07) is 7.44. The summed E-state index contributed by atoms with van der Waals surface area (Å²) < 4.78 is 5.10. The number of carbonyl (C=O) groups excluding carboxylic acids is 1. The molecule has 4 heteroatoms. The van der Waals surface area contributed by atoms with Crippen LogP contribution in [0.15, 0.2) is 24.3 Å². The Labute approximate surface area is 101 Å². The van der Waals surface area contributed by atoms with Gasteiger partial charge in [-0.3, -0.25) is 4.79 Å². The van der Waals surface area contributed by atoms with Gasteiger partial charge in [-0.25, -0.2) is 0 Å². The van der Waals surface area contributed by atoms with Crippen LogP contribution in [-0.4, -0.2) is 30.3 Å². The van der Waals surface area contributed by atoms with E-state index >= 15 is 0 Å². The maximum Gasteiger partial charge on any atom is 0.224 e. The molecule has 0 aliphatic heterocycles. The van der Waals surface area contributed by atoms with E-state index in [4.69, 9.17) is 9.84 Å². The second-order valence-corrected chi connectivity index (χ2v) is 4.51. The summed E-state index contributed by atoms with van der Waals surface area (Å²) in [5, 5.41) is 12.0. The average molecular weight is 235 g/mol. The van der Waals surface area contributed by atoms with Crippen molar-refractivity contribution in [3.63, 3.8) is 0 Å². The molecule has 0 unspecified atom stereocenters. The summed E-state index contributed by atoms with van der Waals surface area (Å²) in [4.78, 5) is 11.8. The highest BCUT2D eigenvalue weighted by Crippen LogP contribution is 2.34. The molecule has 2 rings (SSSR count). The molecule has 0 spiro atoms. The van der Waals surface area contributed by atoms with Gasteiger partial charge in [0.15, 0.2) is 0 Å². The summed E-state index contributed by atoms with van der Waals surface area (Å²) in [7, 11) is 1.60. The van der Waals surface area contributed by atoms with Crippen molar-refractivity contribution < 1.29 is 14.6 Å². The molecular formula is C13H17NO3. The van der Waals surface area contributed by atoms with Crippen molar-refractivity contribution in [3.05, 3.63) is 29.8 Å². The van der Waals surface area contributed by atoms with Gasteiger partial charge in [0.1, 0.15) is 5.75 Å². The number of amides is 1. The quantitative estimate of drug-likeness (QED) is 0.796. The van der Waals surface area contributed by atoms with E-state index < -0.39 is 0 Å². The van der Waals surface area contributed by atoms with Gasteiger partial charge in [0, 0.05) is 0 Å². The van der Waals surface area contributed by atoms with E-state index in [2.05, 4.69) is 5.32 Å². The average Bonchev–Trinajstić information content (AvgIpc) is 3.09. The molecule has 1 amide bonds. The predicted octanol–water partition coefficient (Wildman–Crippen LogP) is 0.879. The Hall–Kier alpha value is -1.55. The molecule has 1 aromatic rings. The van der Waals surface area contributed by atoms with Crippen LogP contribution in [0.25, 0.3) is 0 Å². The molecule has 92 valence electrons. The number of hydrogen-bond acceptors (Lipinski definition) is 3. The van der Waals surface area contributed by atoms with Crippen LogP contribution < -0.4 is 10.1 Å². The lowest BCUT2D eigenvalue weighted by molar-refractivity contribution is -0.121. The lowest BCUT2D eigenvalue weighted by Gasteiger charge is -2.14. The van der Waals surface area contributed by atoms with Crippen molar-refractivity contribution in [3.8, 4) is 5.75 Å². The summed E-state index contributed by atoms with van der Waals surface area (Å²) in [6.07, 6.45) is 2.06. The zero-order valence-corrected chi connectivity index (χ0v) is 9.90. The highest BCUT2D eigenvalue weighted by atomic mass is 16.5. The number of rotatable bonds is 5. The number of benzene rings is 1. The van der Waals surface area contributed by atoms with Crippen LogP contribution in [0.2, 0.25) is 0 Å². The zero-order chi connectivity index (χ0) is 12.3. The minimum absolute atomic E-state index is 0.0247. The highest BCUT2D eigenvalue weighted by molar-refractivity contribution is 5.79. The van der Waals surface area contributed by atoms with Gasteiger partial charge in [0.2, 0.25) is 5.91 Å². The van der Waals surface area contributed by atoms with Crippen molar-refractivity contribution in [1.82, 2.24) is 5.32 Å². The van der Waals surface area contributed by atoms with Gasteiger partial charge in [0.25, 0.3) is 0 Å². The first-order valence-corrected chi connectivity index (χ1v) is 5.72. The number of nitrogens with one attached hydrogen (secondary N) is 1. The Morgan fingerprint density at radius 3 is 2.88 bits per heavy atom. The topological polar surface area (TPSA) is 58.6 Å². The van der Waals surface area contributed by atoms with Crippen molar-refractivity contribution >= 4 is 5.91 Å². The van der Waals surface area contributed by atoms with Crippen LogP contribution in [0.5, 0.6) is 5.75 Å². The Balaban J connectivity index is 1.93. The number of aliphatic hydroxyl groups excluding tert-OH is 1. The van der Waals surface area contributed by atoms with Crippen LogP contribution in [0, 0.1) is 0 Å². The van der Waals surface area contributed by atoms with E-state index in [-0.39, 0.29) is 18.1 Å². The largest absolute Gasteiger partial charge is 0.497 e. The fourth-order valence-electron chi connectivity index (χ4n) is 1.78. The van der Waals surface area contributed by atoms with E-state index in [9.17, 15) is 4.79 Å². The molecule has 0 atom stereocenters. The van der Waals surface area contributed by atoms with Crippen LogP contribution in [-0.2, 0) is 11.2 Å². The zero-order valence-electron chi connectivity index (χ0n) is 9.90. The van der Waals surface area contributed by atoms with Crippen molar-refractivity contribution in [2.24, 2.45) is 0 Å². The van der Waals surface area contributed by atoms with Gasteiger partial charge in [-0.05, 0) is 30.5 Å². The maximum absolute atomic E-state index is 11.8. The van der Waals surface area contributed by atoms with Crippen molar-refractivity contribution in [1.29, 1.82) is 0 Å². The monoisotopic (exact) mass is 235 g/mol. The minimum atomic E-state index is -0.337. The third-order valence-corrected chi connectivity index (χ3v) is 3.06. The Bertz CT molecular complexity index is 413. The van der Waals surface area contributed by atoms with Gasteiger partial charge in [-0.1, -0.05) is 12.1 Å². The first-order chi connectivity index (χ1) is 8.17. The smallest absolute Gasteiger partial charge is 0.224 e. The second kappa shape index (κ2) is 4.75. The van der Waals surface area contributed by atoms with E-state index in [1.54, 1.807) is 7.11 Å². The summed E-state index contributed by atoms with van der Waals surface area (Å²) in [5.41, 5.74) is 0.575. The Morgan fingerprint density at radius 2 is 2.29 bits per heavy atom. The molecule has 2 N–H and O–H groups in total. The van der Waals surface area contributed by atoms with Gasteiger partial charge in [-0.15, -0.1) is 0 Å². The first kappa shape index (κ1) is 11.9. The van der Waals surface area contributed by atoms with Gasteiger partial charge in [0.05, 0.1) is 25.7 Å². The minimum Gasteiger partial charge on any atom is -0.497 e. The van der Waals surface area contributed by atoms with Crippen LogP contribution in [0.4, 0.5) is 0 Å². The molecule has 1 aromatic carbocycles. The molecule has 0 radical (unpaired) electrons. The third kappa shape index (κ3) is 2.97. The molecule has 1 fully saturated rings. The SMILES string of the molecule is COc1cccc(CC(=O)NC2(CO)CC2)c1. The van der Waals surface area contributed by atoms with Gasteiger partial charge >= 0.3 is 0 Å². The number of aliphatic hydroxyl groups is 1. The van der Waals surface area contributed by atoms with Crippen molar-refractivity contribution in [2.75, 3.05) is 13.7 Å². The summed E-state index contributed by atoms with van der Waals surface area (Å²) in [5.74, 6) is 0.698. The molecule has 0 bridgehead atoms. The molecular weight excluding hydrogens is 218 g/mol. The summed E-state index contributed by atoms with van der Waals surface area (Å²) in [6.45, 7) is 0.0247. The molecule has 17 heavy (non-hydrogen) atoms. The normalized spacial score (nSPS) is 16.4. The van der Waals surface area contributed by atoms with Gasteiger partial charge < -0.3 is 15.2 Å². The van der Waals surface area contributed by atoms with E-state index in [0.29, 0.717) is 6.42 Å². The van der Waals surface area contributed by atoms with E-state index in [1.807, 2.05) is 24.3 Å². The van der Waals surface area contributed by atoms with Crippen LogP contribution in [0.3, 0.4) is 0 Å². The Morgan fingerprint density at radius 1 is 1.53 bits per heavy atom. The van der Waals surface area contributed by atoms with E-state index in [1.165, 1.54) is 0 Å². The Kier molecular flexibility index (Phi) is 3.33. The molecule has 0 aromatic heterocycles. The maximum atomic E-state index is 11.8. The van der Waals surface area contributed by atoms with Crippen LogP contribution >= 0.6 is 0 Å². The molecule has 1 aliphatic rings. The standard InChI is InChI=1S/C13H17NO3/c1-17-11-4-2-3-10(7-11)8-12(16)14-13(9-15)5-6-13/h2-4,7,15H,5-6,8-9H2,1H3,(H,14,16). The number of hydrogen-bond donors (Lipinski definition) is 2. The third-order valence-electron chi connectivity index (χ3n) is 3.06. The molecule has 4 nitrogen and oxygen atoms in total. The van der Waals surface area contributed by atoms with Crippen molar-refractivity contribution in [2.45, 2.75) is 24.8 Å². The summed E-state index contributed by atoms with van der Waals surface area (Å²) >= 11 is 0. The highest BCUT2D eigenvalue weighted by Gasteiger charge is 2.43. The van der Waals surface area contributed by atoms with Gasteiger partial charge in [-0.2, -0.15) is 0 Å². The number of ether oxygens (including phenoxy) is 1. The molecule has 0 saturated heterocycles. The lowest BCUT2D eigenvalue weighted by atomic mass is 10.1. The molecule has 1 aliphatic carbocycles. The predicted molar refractivity (Wildman–Crippen MR) is 63.9 cm³/mol. The number of carbonyl (C=O) groups is 1. The molecule has 1 saturated carbocycles. The van der Waals surface area contributed by atoms with E-state index in [0.717, 1.165) is 24.2 Å². The molecule has 0 heterocycles. The second-order valence-electron chi connectivity index (χ2n) is 4.51. The van der Waals surface area contributed by atoms with Crippen LogP contribution in [0.1, 0.15) is 18.4 Å². The first-order valence-electron chi connectivity index (χ1n) is 5.72. The fraction of sp³-hybridized carbons (Fsp3) is 0.462.